The molecule has 1 heteroatoms. The third-order valence-corrected chi connectivity index (χ3v) is 4.22. The Morgan fingerprint density at radius 1 is 0.905 bits per heavy atom. The maximum atomic E-state index is 2.47. The number of benzene rings is 2. The largest absolute Gasteiger partial charge is 0.309 e. The number of nitrogens with zero attached hydrogens (tertiary/aromatic N) is 1. The van der Waals surface area contributed by atoms with Crippen LogP contribution in [0.1, 0.15) is 35.4 Å². The normalized spacial score (nSPS) is 16.9. The first-order valence-electron chi connectivity index (χ1n) is 7.77. The van der Waals surface area contributed by atoms with E-state index in [0.717, 1.165) is 6.54 Å². The van der Waals surface area contributed by atoms with Gasteiger partial charge >= 0.3 is 0 Å². The van der Waals surface area contributed by atoms with Gasteiger partial charge in [-0.3, -0.25) is 0 Å². The summed E-state index contributed by atoms with van der Waals surface area (Å²) in [4.78, 5) is 2.27. The zero-order valence-corrected chi connectivity index (χ0v) is 12.9. The van der Waals surface area contributed by atoms with Crippen molar-refractivity contribution in [1.82, 2.24) is 4.90 Å². The van der Waals surface area contributed by atoms with Crippen LogP contribution >= 0.6 is 0 Å². The van der Waals surface area contributed by atoms with Crippen LogP contribution in [0.5, 0.6) is 0 Å². The van der Waals surface area contributed by atoms with Gasteiger partial charge in [0.15, 0.2) is 0 Å². The lowest BCUT2D eigenvalue weighted by Crippen LogP contribution is -2.13. The van der Waals surface area contributed by atoms with Crippen LogP contribution in [0, 0.1) is 0 Å². The Bertz CT molecular complexity index is 625. The summed E-state index contributed by atoms with van der Waals surface area (Å²) >= 11 is 0. The molecule has 0 bridgehead atoms. The second-order valence-corrected chi connectivity index (χ2v) is 6.09. The average molecular weight is 277 g/mol. The second kappa shape index (κ2) is 6.28. The lowest BCUT2D eigenvalue weighted by atomic mass is 9.95. The fourth-order valence-electron chi connectivity index (χ4n) is 3.18. The number of fused-ring (bicyclic) bond motifs is 1. The highest BCUT2D eigenvalue weighted by atomic mass is 15.0. The molecular formula is C20H23N. The molecule has 1 nitrogen and oxygen atoms in total. The molecule has 0 radical (unpaired) electrons. The molecular weight excluding hydrogens is 254 g/mol. The minimum Gasteiger partial charge on any atom is -0.309 e. The molecule has 2 aromatic carbocycles. The summed E-state index contributed by atoms with van der Waals surface area (Å²) in [6.45, 7) is 1.16. The first-order valence-corrected chi connectivity index (χ1v) is 7.77. The molecule has 1 atom stereocenters. The van der Waals surface area contributed by atoms with Gasteiger partial charge in [0.05, 0.1) is 0 Å². The van der Waals surface area contributed by atoms with Crippen molar-refractivity contribution in [2.24, 2.45) is 0 Å². The van der Waals surface area contributed by atoms with Gasteiger partial charge in [0.2, 0.25) is 0 Å². The molecule has 3 rings (SSSR count). The molecule has 1 unspecified atom stereocenters. The second-order valence-electron chi connectivity index (χ2n) is 6.09. The quantitative estimate of drug-likeness (QED) is 0.774. The van der Waals surface area contributed by atoms with E-state index in [9.17, 15) is 0 Å². The van der Waals surface area contributed by atoms with Gasteiger partial charge < -0.3 is 4.90 Å². The van der Waals surface area contributed by atoms with Gasteiger partial charge in [-0.1, -0.05) is 60.7 Å². The van der Waals surface area contributed by atoms with Crippen molar-refractivity contribution >= 4 is 5.57 Å². The van der Waals surface area contributed by atoms with Crippen LogP contribution in [0.15, 0.2) is 60.7 Å². The molecule has 108 valence electrons. The predicted octanol–water partition coefficient (Wildman–Crippen LogP) is 4.56. The monoisotopic (exact) mass is 277 g/mol. The molecule has 0 spiro atoms. The Labute approximate surface area is 127 Å². The van der Waals surface area contributed by atoms with E-state index < -0.39 is 0 Å². The Kier molecular flexibility index (Phi) is 4.21. The number of rotatable bonds is 5. The van der Waals surface area contributed by atoms with Crippen molar-refractivity contribution in [3.05, 3.63) is 77.4 Å². The molecule has 0 heterocycles. The zero-order valence-electron chi connectivity index (χ0n) is 12.9. The summed E-state index contributed by atoms with van der Waals surface area (Å²) in [5, 5.41) is 0. The van der Waals surface area contributed by atoms with E-state index in [4.69, 9.17) is 0 Å². The van der Waals surface area contributed by atoms with Crippen LogP contribution in [0.4, 0.5) is 0 Å². The van der Waals surface area contributed by atoms with Gasteiger partial charge in [-0.15, -0.1) is 0 Å². The van der Waals surface area contributed by atoms with Crippen LogP contribution in [0.2, 0.25) is 0 Å². The van der Waals surface area contributed by atoms with E-state index in [-0.39, 0.29) is 0 Å². The van der Waals surface area contributed by atoms with E-state index in [1.54, 1.807) is 0 Å². The van der Waals surface area contributed by atoms with Crippen LogP contribution in [-0.4, -0.2) is 25.5 Å². The Hall–Kier alpha value is -1.86. The SMILES string of the molecule is CN(C)CCCC1C=C(c2ccccc2)c2ccccc21. The van der Waals surface area contributed by atoms with Gasteiger partial charge in [0.25, 0.3) is 0 Å². The van der Waals surface area contributed by atoms with Crippen molar-refractivity contribution in [1.29, 1.82) is 0 Å². The molecule has 1 aliphatic carbocycles. The van der Waals surface area contributed by atoms with Crippen LogP contribution < -0.4 is 0 Å². The summed E-state index contributed by atoms with van der Waals surface area (Å²) in [6, 6.07) is 19.6. The Morgan fingerprint density at radius 2 is 1.62 bits per heavy atom. The van der Waals surface area contributed by atoms with Gasteiger partial charge in [-0.2, -0.15) is 0 Å². The summed E-state index contributed by atoms with van der Waals surface area (Å²) in [5.74, 6) is 0.566. The van der Waals surface area contributed by atoms with E-state index in [1.165, 1.54) is 35.1 Å². The molecule has 0 saturated carbocycles. The van der Waals surface area contributed by atoms with Crippen molar-refractivity contribution < 1.29 is 0 Å². The molecule has 0 N–H and O–H groups in total. The summed E-state index contributed by atoms with van der Waals surface area (Å²) in [7, 11) is 4.29. The van der Waals surface area contributed by atoms with Gasteiger partial charge in [0.1, 0.15) is 0 Å². The van der Waals surface area contributed by atoms with Crippen LogP contribution in [0.25, 0.3) is 5.57 Å². The van der Waals surface area contributed by atoms with Crippen LogP contribution in [-0.2, 0) is 0 Å². The minimum absolute atomic E-state index is 0.566. The molecule has 0 aliphatic heterocycles. The minimum atomic E-state index is 0.566. The fourth-order valence-corrected chi connectivity index (χ4v) is 3.18. The molecule has 0 saturated heterocycles. The zero-order chi connectivity index (χ0) is 14.7. The van der Waals surface area contributed by atoms with Crippen molar-refractivity contribution in [2.75, 3.05) is 20.6 Å². The molecule has 21 heavy (non-hydrogen) atoms. The Balaban J connectivity index is 1.87. The highest BCUT2D eigenvalue weighted by molar-refractivity contribution is 5.85. The maximum Gasteiger partial charge on any atom is 0.00340 e. The third kappa shape index (κ3) is 3.08. The predicted molar refractivity (Wildman–Crippen MR) is 90.5 cm³/mol. The number of hydrogen-bond acceptors (Lipinski definition) is 1. The van der Waals surface area contributed by atoms with Crippen molar-refractivity contribution in [3.8, 4) is 0 Å². The van der Waals surface area contributed by atoms with Crippen molar-refractivity contribution in [2.45, 2.75) is 18.8 Å². The summed E-state index contributed by atoms with van der Waals surface area (Å²) in [5.41, 5.74) is 5.65. The van der Waals surface area contributed by atoms with E-state index >= 15 is 0 Å². The van der Waals surface area contributed by atoms with E-state index in [1.807, 2.05) is 0 Å². The van der Waals surface area contributed by atoms with Crippen LogP contribution in [0.3, 0.4) is 0 Å². The topological polar surface area (TPSA) is 3.24 Å². The standard InChI is InChI=1S/C20H23N/c1-21(2)14-8-11-17-15-20(16-9-4-3-5-10-16)19-13-7-6-12-18(17)19/h3-7,9-10,12-13,15,17H,8,11,14H2,1-2H3. The van der Waals surface area contributed by atoms with E-state index in [0.29, 0.717) is 5.92 Å². The van der Waals surface area contributed by atoms with E-state index in [2.05, 4.69) is 79.7 Å². The third-order valence-electron chi connectivity index (χ3n) is 4.22. The maximum absolute atomic E-state index is 2.47. The highest BCUT2D eigenvalue weighted by Crippen LogP contribution is 2.41. The first kappa shape index (κ1) is 14.1. The van der Waals surface area contributed by atoms with Gasteiger partial charge in [-0.05, 0) is 55.7 Å². The number of hydrogen-bond donors (Lipinski definition) is 0. The molecule has 0 aromatic heterocycles. The fraction of sp³-hybridized carbons (Fsp3) is 0.300. The summed E-state index contributed by atoms with van der Waals surface area (Å²) < 4.78 is 0. The average Bonchev–Trinajstić information content (AvgIpc) is 2.87. The Morgan fingerprint density at radius 3 is 2.38 bits per heavy atom. The lowest BCUT2D eigenvalue weighted by molar-refractivity contribution is 0.391. The van der Waals surface area contributed by atoms with Gasteiger partial charge in [0, 0.05) is 5.92 Å². The molecule has 0 amide bonds. The highest BCUT2D eigenvalue weighted by Gasteiger charge is 2.23. The number of allylic oxidation sites excluding steroid dienone is 1. The molecule has 1 aliphatic rings. The first-order chi connectivity index (χ1) is 10.3. The molecule has 2 aromatic rings. The van der Waals surface area contributed by atoms with Gasteiger partial charge in [-0.25, -0.2) is 0 Å². The lowest BCUT2D eigenvalue weighted by Gasteiger charge is -2.13. The molecule has 0 fully saturated rings. The summed E-state index contributed by atoms with van der Waals surface area (Å²) in [6.07, 6.45) is 4.94. The van der Waals surface area contributed by atoms with Crippen molar-refractivity contribution in [3.63, 3.8) is 0 Å². The smallest absolute Gasteiger partial charge is 0.00340 e.